The van der Waals surface area contributed by atoms with Crippen molar-refractivity contribution in [2.45, 2.75) is 9.79 Å². The van der Waals surface area contributed by atoms with Crippen molar-refractivity contribution in [3.05, 3.63) is 146 Å². The van der Waals surface area contributed by atoms with Crippen LogP contribution in [0.25, 0.3) is 87.2 Å². The standard InChI is InChI=1S/2C20H10Cl2N2O5S.Mn/c2*21-8-1-2-10-13(3-8)23-14-7-12-15(6-11(14)19(10)25)24-16-4-9(22)5-17(30(27,28)29)18(16)20(12)26;/h2*1-7H,(H,23,25)(H,24,26)(H,27,28,29);/q;;+2/p-2. The molecular weight excluding hydrogens is 957 g/mol. The molecule has 14 nitrogen and oxygen atoms in total. The van der Waals surface area contributed by atoms with Gasteiger partial charge in [-0.25, -0.2) is 16.8 Å². The molecule has 6 aromatic carbocycles. The quantitative estimate of drug-likeness (QED) is 0.0744. The van der Waals surface area contributed by atoms with Gasteiger partial charge in [-0.05, 0) is 84.9 Å². The molecular formula is C40H18Cl4MnN4O10S2. The van der Waals surface area contributed by atoms with Gasteiger partial charge >= 0.3 is 17.1 Å². The van der Waals surface area contributed by atoms with Gasteiger partial charge in [0.15, 0.2) is 21.7 Å². The molecule has 4 N–H and O–H groups in total. The van der Waals surface area contributed by atoms with Crippen LogP contribution in [0.1, 0.15) is 0 Å². The molecule has 4 aromatic heterocycles. The van der Waals surface area contributed by atoms with Crippen LogP contribution in [-0.2, 0) is 37.3 Å². The number of rotatable bonds is 2. The Morgan fingerprint density at radius 1 is 0.361 bits per heavy atom. The van der Waals surface area contributed by atoms with Crippen molar-refractivity contribution in [1.29, 1.82) is 0 Å². The van der Waals surface area contributed by atoms with Gasteiger partial charge in [-0.1, -0.05) is 46.4 Å². The van der Waals surface area contributed by atoms with Gasteiger partial charge in [0, 0.05) is 52.4 Å². The number of nitrogens with one attached hydrogen (secondary N) is 4. The smallest absolute Gasteiger partial charge is 0.744 e. The molecule has 0 aliphatic rings. The van der Waals surface area contributed by atoms with Gasteiger partial charge in [-0.15, -0.1) is 0 Å². The van der Waals surface area contributed by atoms with E-state index < -0.39 is 40.9 Å². The van der Waals surface area contributed by atoms with E-state index in [1.165, 1.54) is 36.4 Å². The number of fused-ring (bicyclic) bond motifs is 8. The van der Waals surface area contributed by atoms with E-state index >= 15 is 0 Å². The molecule has 0 amide bonds. The van der Waals surface area contributed by atoms with Crippen LogP contribution in [-0.4, -0.2) is 45.9 Å². The van der Waals surface area contributed by atoms with Crippen LogP contribution in [0, 0.1) is 0 Å². The summed E-state index contributed by atoms with van der Waals surface area (Å²) in [6, 6.07) is 20.1. The monoisotopic (exact) mass is 973 g/mol. The fourth-order valence-corrected chi connectivity index (χ4v) is 9.72. The maximum atomic E-state index is 13.1. The Hall–Kier alpha value is -5.30. The van der Waals surface area contributed by atoms with Crippen LogP contribution in [0.3, 0.4) is 0 Å². The molecule has 0 atom stereocenters. The first-order chi connectivity index (χ1) is 28.3. The first-order valence-electron chi connectivity index (χ1n) is 17.1. The summed E-state index contributed by atoms with van der Waals surface area (Å²) in [7, 11) is -9.91. The Balaban J connectivity index is 0.000000166. The van der Waals surface area contributed by atoms with E-state index in [9.17, 15) is 45.1 Å². The number of pyridine rings is 4. The van der Waals surface area contributed by atoms with Crippen molar-refractivity contribution in [2.24, 2.45) is 0 Å². The van der Waals surface area contributed by atoms with Gasteiger partial charge in [0.25, 0.3) is 0 Å². The Morgan fingerprint density at radius 2 is 0.639 bits per heavy atom. The molecule has 1 radical (unpaired) electrons. The van der Waals surface area contributed by atoms with Crippen LogP contribution in [0.4, 0.5) is 0 Å². The molecule has 4 heterocycles. The largest absolute Gasteiger partial charge is 2.00 e. The molecule has 0 unspecified atom stereocenters. The van der Waals surface area contributed by atoms with Crippen LogP contribution in [0.15, 0.2) is 114 Å². The van der Waals surface area contributed by atoms with Gasteiger partial charge in [-0.3, -0.25) is 19.2 Å². The number of aromatic nitrogens is 4. The minimum atomic E-state index is -4.95. The molecule has 0 spiro atoms. The number of benzene rings is 6. The molecule has 0 fully saturated rings. The summed E-state index contributed by atoms with van der Waals surface area (Å²) < 4.78 is 70.2. The van der Waals surface area contributed by atoms with E-state index in [1.807, 2.05) is 0 Å². The fraction of sp³-hybridized carbons (Fsp3) is 0. The molecule has 0 saturated carbocycles. The van der Waals surface area contributed by atoms with Crippen molar-refractivity contribution in [3.63, 3.8) is 0 Å². The first kappa shape index (κ1) is 42.4. The summed E-state index contributed by atoms with van der Waals surface area (Å²) in [5.74, 6) is 0. The average Bonchev–Trinajstić information content (AvgIpc) is 3.16. The third kappa shape index (κ3) is 7.26. The normalized spacial score (nSPS) is 12.2. The molecule has 21 heteroatoms. The van der Waals surface area contributed by atoms with Crippen molar-refractivity contribution in [1.82, 2.24) is 19.9 Å². The zero-order chi connectivity index (χ0) is 42.7. The molecule has 10 aromatic rings. The van der Waals surface area contributed by atoms with E-state index in [0.29, 0.717) is 64.7 Å². The fourth-order valence-electron chi connectivity index (χ4n) is 7.36. The van der Waals surface area contributed by atoms with E-state index in [2.05, 4.69) is 19.9 Å². The summed E-state index contributed by atoms with van der Waals surface area (Å²) in [6.45, 7) is 0. The first-order valence-corrected chi connectivity index (χ1v) is 21.4. The maximum Gasteiger partial charge on any atom is 2.00 e. The molecule has 61 heavy (non-hydrogen) atoms. The topological polar surface area (TPSA) is 246 Å². The van der Waals surface area contributed by atoms with Crippen molar-refractivity contribution in [2.75, 3.05) is 0 Å². The zero-order valence-electron chi connectivity index (χ0n) is 29.9. The van der Waals surface area contributed by atoms with Crippen molar-refractivity contribution < 1.29 is 43.0 Å². The van der Waals surface area contributed by atoms with Crippen LogP contribution in [0.2, 0.25) is 20.1 Å². The molecule has 305 valence electrons. The van der Waals surface area contributed by atoms with Crippen LogP contribution >= 0.6 is 46.4 Å². The third-order valence-corrected chi connectivity index (χ3v) is 12.6. The van der Waals surface area contributed by atoms with Crippen LogP contribution < -0.4 is 21.7 Å². The minimum absolute atomic E-state index is 0. The Kier molecular flexibility index (Phi) is 10.4. The predicted octanol–water partition coefficient (Wildman–Crippen LogP) is 7.77. The maximum absolute atomic E-state index is 13.1. The van der Waals surface area contributed by atoms with Crippen molar-refractivity contribution in [3.8, 4) is 0 Å². The van der Waals surface area contributed by atoms with Crippen LogP contribution in [0.5, 0.6) is 0 Å². The summed E-state index contributed by atoms with van der Waals surface area (Å²) in [6.07, 6.45) is 0. The summed E-state index contributed by atoms with van der Waals surface area (Å²) >= 11 is 23.9. The number of H-pyrrole nitrogens is 4. The Bertz CT molecular complexity index is 3850. The summed E-state index contributed by atoms with van der Waals surface area (Å²) in [4.78, 5) is 62.7. The molecule has 10 rings (SSSR count). The summed E-state index contributed by atoms with van der Waals surface area (Å²) in [5.41, 5.74) is 0.635. The third-order valence-electron chi connectivity index (χ3n) is 9.95. The predicted molar refractivity (Wildman–Crippen MR) is 231 cm³/mol. The SMILES string of the molecule is O=c1c2ccc(Cl)cc2[nH]c2cc3c(=O)c4c(S(=O)(=O)[O-])cc(Cl)cc4[nH]c3cc12.O=c1c2ccc(Cl)cc2[nH]c2cc3c(=O)c4c(S(=O)(=O)[O-])cc(Cl)cc4[nH]c3cc12.[Mn+2]. The molecule has 0 bridgehead atoms. The number of hydrogen-bond donors (Lipinski definition) is 4. The van der Waals surface area contributed by atoms with Gasteiger partial charge in [0.05, 0.1) is 64.7 Å². The Labute approximate surface area is 370 Å². The minimum Gasteiger partial charge on any atom is -0.744 e. The molecule has 0 saturated heterocycles. The number of hydrogen-bond acceptors (Lipinski definition) is 10. The zero-order valence-corrected chi connectivity index (χ0v) is 35.7. The second-order valence-electron chi connectivity index (χ2n) is 13.6. The Morgan fingerprint density at radius 3 is 0.967 bits per heavy atom. The van der Waals surface area contributed by atoms with E-state index in [4.69, 9.17) is 46.4 Å². The van der Waals surface area contributed by atoms with E-state index in [0.717, 1.165) is 12.1 Å². The van der Waals surface area contributed by atoms with Gasteiger partial charge < -0.3 is 29.0 Å². The van der Waals surface area contributed by atoms with Crippen molar-refractivity contribution >= 4 is 154 Å². The van der Waals surface area contributed by atoms with Gasteiger partial charge in [0.2, 0.25) is 0 Å². The van der Waals surface area contributed by atoms with Gasteiger partial charge in [0.1, 0.15) is 20.2 Å². The average molecular weight is 975 g/mol. The second-order valence-corrected chi connectivity index (χ2v) is 18.1. The molecule has 0 aliphatic carbocycles. The van der Waals surface area contributed by atoms with E-state index in [1.54, 1.807) is 36.4 Å². The molecule has 0 aliphatic heterocycles. The van der Waals surface area contributed by atoms with E-state index in [-0.39, 0.29) is 70.5 Å². The summed E-state index contributed by atoms with van der Waals surface area (Å²) in [5, 5.41) is 1.99. The number of aromatic amines is 4. The number of halogens is 4. The van der Waals surface area contributed by atoms with Gasteiger partial charge in [-0.2, -0.15) is 0 Å². The second kappa shape index (κ2) is 15.0.